The van der Waals surface area contributed by atoms with Crippen molar-refractivity contribution in [3.8, 4) is 5.75 Å². The number of oxime groups is 1. The maximum Gasteiger partial charge on any atom is 0.171 e. The molecule has 0 aliphatic heterocycles. The van der Waals surface area contributed by atoms with E-state index in [1.54, 1.807) is 19.2 Å². The molecular weight excluding hydrogens is 290 g/mol. The van der Waals surface area contributed by atoms with Gasteiger partial charge in [0, 0.05) is 18.3 Å². The van der Waals surface area contributed by atoms with Crippen molar-refractivity contribution in [2.45, 2.75) is 0 Å². The van der Waals surface area contributed by atoms with Gasteiger partial charge in [-0.05, 0) is 30.3 Å². The summed E-state index contributed by atoms with van der Waals surface area (Å²) in [4.78, 5) is 1.95. The van der Waals surface area contributed by atoms with Crippen LogP contribution in [-0.2, 0) is 0 Å². The summed E-state index contributed by atoms with van der Waals surface area (Å²) in [5.41, 5.74) is 7.81. The number of ether oxygens (including phenoxy) is 1. The number of benzene rings is 2. The smallest absolute Gasteiger partial charge is 0.171 e. The van der Waals surface area contributed by atoms with Gasteiger partial charge in [-0.3, -0.25) is 0 Å². The number of anilines is 2. The Hall–Kier alpha value is -2.40. The van der Waals surface area contributed by atoms with Crippen LogP contribution >= 0.6 is 11.6 Å². The molecule has 0 aliphatic rings. The molecule has 0 amide bonds. The maximum absolute atomic E-state index is 8.71. The minimum Gasteiger partial charge on any atom is -0.495 e. The van der Waals surface area contributed by atoms with Gasteiger partial charge in [0.2, 0.25) is 0 Å². The quantitative estimate of drug-likeness (QED) is 0.394. The first-order chi connectivity index (χ1) is 10.1. The van der Waals surface area contributed by atoms with Gasteiger partial charge in [-0.2, -0.15) is 0 Å². The van der Waals surface area contributed by atoms with Gasteiger partial charge in [0.15, 0.2) is 5.84 Å². The van der Waals surface area contributed by atoms with Gasteiger partial charge >= 0.3 is 0 Å². The zero-order chi connectivity index (χ0) is 15.4. The molecule has 0 aliphatic carbocycles. The fourth-order valence-corrected chi connectivity index (χ4v) is 2.29. The number of amidine groups is 1. The Morgan fingerprint density at radius 2 is 2.00 bits per heavy atom. The molecule has 2 aromatic rings. The van der Waals surface area contributed by atoms with Crippen molar-refractivity contribution < 1.29 is 9.94 Å². The molecule has 5 nitrogen and oxygen atoms in total. The summed E-state index contributed by atoms with van der Waals surface area (Å²) in [7, 11) is 3.54. The van der Waals surface area contributed by atoms with E-state index in [9.17, 15) is 0 Å². The van der Waals surface area contributed by atoms with E-state index in [-0.39, 0.29) is 5.84 Å². The van der Waals surface area contributed by atoms with Gasteiger partial charge in [0.1, 0.15) is 5.75 Å². The Morgan fingerprint density at radius 1 is 1.29 bits per heavy atom. The van der Waals surface area contributed by atoms with E-state index in [4.69, 9.17) is 27.3 Å². The van der Waals surface area contributed by atoms with Crippen molar-refractivity contribution >= 4 is 28.8 Å². The molecule has 21 heavy (non-hydrogen) atoms. The van der Waals surface area contributed by atoms with Crippen molar-refractivity contribution in [2.75, 3.05) is 19.1 Å². The molecule has 0 heterocycles. The Labute approximate surface area is 128 Å². The summed E-state index contributed by atoms with van der Waals surface area (Å²) in [6, 6.07) is 13.0. The lowest BCUT2D eigenvalue weighted by Gasteiger charge is -2.22. The molecule has 0 spiro atoms. The lowest BCUT2D eigenvalue weighted by molar-refractivity contribution is 0.318. The van der Waals surface area contributed by atoms with Crippen LogP contribution < -0.4 is 15.4 Å². The van der Waals surface area contributed by atoms with Crippen LogP contribution in [0.4, 0.5) is 11.4 Å². The second-order valence-corrected chi connectivity index (χ2v) is 4.79. The Balaban J connectivity index is 2.40. The predicted molar refractivity (Wildman–Crippen MR) is 85.0 cm³/mol. The number of nitrogens with zero attached hydrogens (tertiary/aromatic N) is 2. The molecular formula is C15H16ClN3O2. The third-order valence-electron chi connectivity index (χ3n) is 3.17. The van der Waals surface area contributed by atoms with Crippen LogP contribution in [-0.4, -0.2) is 25.2 Å². The largest absolute Gasteiger partial charge is 0.495 e. The second-order valence-electron chi connectivity index (χ2n) is 4.38. The standard InChI is InChI=1S/C15H16ClN3O2/c1-19(13-5-3-4-6-14(13)21-2)10-7-8-11(12(16)9-10)15(17)18-20/h3-9,20H,1-2H3,(H2,17,18). The lowest BCUT2D eigenvalue weighted by Crippen LogP contribution is -2.15. The molecule has 0 bridgehead atoms. The molecule has 2 aromatic carbocycles. The highest BCUT2D eigenvalue weighted by Gasteiger charge is 2.12. The summed E-state index contributed by atoms with van der Waals surface area (Å²) >= 11 is 6.18. The minimum atomic E-state index is -0.0218. The average molecular weight is 306 g/mol. The highest BCUT2D eigenvalue weighted by molar-refractivity contribution is 6.34. The zero-order valence-electron chi connectivity index (χ0n) is 11.7. The summed E-state index contributed by atoms with van der Waals surface area (Å²) in [5.74, 6) is 0.739. The van der Waals surface area contributed by atoms with E-state index in [1.807, 2.05) is 42.3 Å². The molecule has 0 radical (unpaired) electrons. The number of hydrogen-bond donors (Lipinski definition) is 2. The van der Waals surface area contributed by atoms with Gasteiger partial charge in [-0.1, -0.05) is 28.9 Å². The van der Waals surface area contributed by atoms with Crippen LogP contribution in [0.1, 0.15) is 5.56 Å². The van der Waals surface area contributed by atoms with Crippen LogP contribution in [0.2, 0.25) is 5.02 Å². The molecule has 0 fully saturated rings. The Morgan fingerprint density at radius 3 is 2.62 bits per heavy atom. The summed E-state index contributed by atoms with van der Waals surface area (Å²) in [5, 5.41) is 12.1. The summed E-state index contributed by atoms with van der Waals surface area (Å²) < 4.78 is 5.35. The highest BCUT2D eigenvalue weighted by Crippen LogP contribution is 2.33. The van der Waals surface area contributed by atoms with Gasteiger partial charge in [0.05, 0.1) is 17.8 Å². The van der Waals surface area contributed by atoms with Gasteiger partial charge < -0.3 is 20.6 Å². The van der Waals surface area contributed by atoms with Crippen LogP contribution in [0, 0.1) is 0 Å². The number of halogens is 1. The second kappa shape index (κ2) is 6.37. The average Bonchev–Trinajstić information content (AvgIpc) is 2.53. The summed E-state index contributed by atoms with van der Waals surface area (Å²) in [6.45, 7) is 0. The predicted octanol–water partition coefficient (Wildman–Crippen LogP) is 3.21. The van der Waals surface area contributed by atoms with Crippen molar-refractivity contribution in [3.63, 3.8) is 0 Å². The molecule has 0 aromatic heterocycles. The van der Waals surface area contributed by atoms with E-state index in [1.165, 1.54) is 0 Å². The number of hydrogen-bond acceptors (Lipinski definition) is 4. The number of para-hydroxylation sites is 2. The van der Waals surface area contributed by atoms with E-state index >= 15 is 0 Å². The van der Waals surface area contributed by atoms with Crippen molar-refractivity contribution in [2.24, 2.45) is 10.9 Å². The Bertz CT molecular complexity index is 674. The maximum atomic E-state index is 8.71. The van der Waals surface area contributed by atoms with Crippen molar-refractivity contribution in [1.82, 2.24) is 0 Å². The molecule has 0 saturated heterocycles. The molecule has 110 valence electrons. The van der Waals surface area contributed by atoms with Crippen LogP contribution in [0.25, 0.3) is 0 Å². The normalized spacial score (nSPS) is 11.3. The molecule has 6 heteroatoms. The number of rotatable bonds is 4. The first-order valence-electron chi connectivity index (χ1n) is 6.22. The lowest BCUT2D eigenvalue weighted by atomic mass is 10.1. The minimum absolute atomic E-state index is 0.0218. The van der Waals surface area contributed by atoms with Gasteiger partial charge in [0.25, 0.3) is 0 Å². The van der Waals surface area contributed by atoms with E-state index < -0.39 is 0 Å². The third-order valence-corrected chi connectivity index (χ3v) is 3.48. The highest BCUT2D eigenvalue weighted by atomic mass is 35.5. The van der Waals surface area contributed by atoms with E-state index in [2.05, 4.69) is 5.16 Å². The van der Waals surface area contributed by atoms with Crippen molar-refractivity contribution in [1.29, 1.82) is 0 Å². The van der Waals surface area contributed by atoms with Gasteiger partial charge in [-0.15, -0.1) is 0 Å². The zero-order valence-corrected chi connectivity index (χ0v) is 12.5. The molecule has 0 saturated carbocycles. The number of methoxy groups -OCH3 is 1. The van der Waals surface area contributed by atoms with Crippen LogP contribution in [0.15, 0.2) is 47.6 Å². The third kappa shape index (κ3) is 3.03. The molecule has 0 atom stereocenters. The number of nitrogens with two attached hydrogens (primary N) is 1. The Kier molecular flexibility index (Phi) is 4.55. The molecule has 2 rings (SSSR count). The van der Waals surface area contributed by atoms with Crippen molar-refractivity contribution in [3.05, 3.63) is 53.1 Å². The molecule has 3 N–H and O–H groups in total. The fraction of sp³-hybridized carbons (Fsp3) is 0.133. The fourth-order valence-electron chi connectivity index (χ4n) is 2.02. The van der Waals surface area contributed by atoms with Crippen LogP contribution in [0.3, 0.4) is 0 Å². The molecule has 0 unspecified atom stereocenters. The monoisotopic (exact) mass is 305 g/mol. The first-order valence-corrected chi connectivity index (χ1v) is 6.60. The SMILES string of the molecule is COc1ccccc1N(C)c1ccc(C(N)=NO)c(Cl)c1. The summed E-state index contributed by atoms with van der Waals surface area (Å²) in [6.07, 6.45) is 0. The van der Waals surface area contributed by atoms with Crippen LogP contribution in [0.5, 0.6) is 5.75 Å². The van der Waals surface area contributed by atoms with E-state index in [0.717, 1.165) is 17.1 Å². The topological polar surface area (TPSA) is 71.1 Å². The van der Waals surface area contributed by atoms with Gasteiger partial charge in [-0.25, -0.2) is 0 Å². The first kappa shape index (κ1) is 15.0. The van der Waals surface area contributed by atoms with E-state index in [0.29, 0.717) is 10.6 Å².